The van der Waals surface area contributed by atoms with Crippen molar-refractivity contribution in [2.45, 2.75) is 26.7 Å². The Bertz CT molecular complexity index is 297. The van der Waals surface area contributed by atoms with Gasteiger partial charge in [-0.05, 0) is 43.8 Å². The van der Waals surface area contributed by atoms with Crippen LogP contribution in [0.1, 0.15) is 25.1 Å². The highest BCUT2D eigenvalue weighted by atomic mass is 32.1. The van der Waals surface area contributed by atoms with E-state index in [0.717, 1.165) is 19.6 Å². The van der Waals surface area contributed by atoms with E-state index in [1.54, 1.807) is 0 Å². The smallest absolute Gasteiger partial charge is 0.00579 e. The molecule has 1 rings (SSSR count). The van der Waals surface area contributed by atoms with Gasteiger partial charge in [-0.3, -0.25) is 0 Å². The second-order valence-corrected chi connectivity index (χ2v) is 6.29. The van der Waals surface area contributed by atoms with Crippen molar-refractivity contribution in [2.24, 2.45) is 5.41 Å². The molecule has 3 heteroatoms. The van der Waals surface area contributed by atoms with E-state index in [9.17, 15) is 0 Å². The van der Waals surface area contributed by atoms with Gasteiger partial charge in [-0.25, -0.2) is 0 Å². The predicted molar refractivity (Wildman–Crippen MR) is 77.8 cm³/mol. The van der Waals surface area contributed by atoms with Crippen molar-refractivity contribution in [3.63, 3.8) is 0 Å². The first kappa shape index (κ1) is 14.7. The lowest BCUT2D eigenvalue weighted by Crippen LogP contribution is -2.40. The summed E-state index contributed by atoms with van der Waals surface area (Å²) in [5, 5.41) is 5.47. The topological polar surface area (TPSA) is 15.3 Å². The lowest BCUT2D eigenvalue weighted by Gasteiger charge is -2.32. The zero-order chi connectivity index (χ0) is 12.7. The Kier molecular flexibility index (Phi) is 6.17. The van der Waals surface area contributed by atoms with Crippen molar-refractivity contribution in [1.82, 2.24) is 10.2 Å². The number of likely N-dealkylation sites (N-methyl/N-ethyl adjacent to an activating group) is 1. The molecule has 0 spiro atoms. The van der Waals surface area contributed by atoms with E-state index in [1.807, 2.05) is 18.4 Å². The average Bonchev–Trinajstić information content (AvgIpc) is 2.79. The highest BCUT2D eigenvalue weighted by Crippen LogP contribution is 2.21. The summed E-state index contributed by atoms with van der Waals surface area (Å²) in [5.41, 5.74) is 0.388. The van der Waals surface area contributed by atoms with Gasteiger partial charge >= 0.3 is 0 Å². The van der Waals surface area contributed by atoms with E-state index < -0.39 is 0 Å². The van der Waals surface area contributed by atoms with Gasteiger partial charge in [0.1, 0.15) is 0 Å². The molecule has 1 aromatic heterocycles. The molecule has 1 unspecified atom stereocenters. The van der Waals surface area contributed by atoms with Crippen LogP contribution in [0.15, 0.2) is 17.5 Å². The van der Waals surface area contributed by atoms with Crippen LogP contribution >= 0.6 is 11.3 Å². The van der Waals surface area contributed by atoms with Gasteiger partial charge in [-0.1, -0.05) is 19.9 Å². The molecule has 98 valence electrons. The molecule has 17 heavy (non-hydrogen) atoms. The van der Waals surface area contributed by atoms with Gasteiger partial charge in [-0.15, -0.1) is 11.3 Å². The molecule has 0 fully saturated rings. The summed E-state index contributed by atoms with van der Waals surface area (Å²) in [6.45, 7) is 8.05. The van der Waals surface area contributed by atoms with Crippen molar-refractivity contribution in [2.75, 3.05) is 33.7 Å². The summed E-state index contributed by atoms with van der Waals surface area (Å²) in [7, 11) is 4.27. The Morgan fingerprint density at radius 2 is 2.24 bits per heavy atom. The van der Waals surface area contributed by atoms with E-state index in [1.165, 1.54) is 17.7 Å². The zero-order valence-electron chi connectivity index (χ0n) is 11.6. The molecule has 1 heterocycles. The first-order chi connectivity index (χ1) is 8.09. The Hall–Kier alpha value is -0.380. The number of thiophene rings is 1. The van der Waals surface area contributed by atoms with E-state index in [4.69, 9.17) is 0 Å². The van der Waals surface area contributed by atoms with Crippen molar-refractivity contribution in [3.05, 3.63) is 22.4 Å². The van der Waals surface area contributed by atoms with Crippen LogP contribution in [-0.4, -0.2) is 38.6 Å². The first-order valence-electron chi connectivity index (χ1n) is 6.45. The standard InChI is InChI=1S/C14H26N2S/c1-5-14(2,11-15-3)12-16(4)9-8-13-7-6-10-17-13/h6-7,10,15H,5,8-9,11-12H2,1-4H3. The molecule has 0 radical (unpaired) electrons. The van der Waals surface area contributed by atoms with E-state index in [-0.39, 0.29) is 0 Å². The van der Waals surface area contributed by atoms with Gasteiger partial charge < -0.3 is 10.2 Å². The number of rotatable bonds is 8. The number of nitrogens with one attached hydrogen (secondary N) is 1. The van der Waals surface area contributed by atoms with Gasteiger partial charge in [-0.2, -0.15) is 0 Å². The Balaban J connectivity index is 2.34. The van der Waals surface area contributed by atoms with Crippen LogP contribution < -0.4 is 5.32 Å². The van der Waals surface area contributed by atoms with Gasteiger partial charge in [0.25, 0.3) is 0 Å². The minimum Gasteiger partial charge on any atom is -0.319 e. The average molecular weight is 254 g/mol. The van der Waals surface area contributed by atoms with E-state index >= 15 is 0 Å². The third-order valence-corrected chi connectivity index (χ3v) is 4.36. The monoisotopic (exact) mass is 254 g/mol. The molecule has 0 aliphatic carbocycles. The van der Waals surface area contributed by atoms with Crippen molar-refractivity contribution in [3.8, 4) is 0 Å². The fourth-order valence-electron chi connectivity index (χ4n) is 2.21. The van der Waals surface area contributed by atoms with Gasteiger partial charge in [0.15, 0.2) is 0 Å². The molecule has 0 bridgehead atoms. The van der Waals surface area contributed by atoms with Gasteiger partial charge in [0.05, 0.1) is 0 Å². The molecule has 2 nitrogen and oxygen atoms in total. The molecule has 0 amide bonds. The highest BCUT2D eigenvalue weighted by Gasteiger charge is 2.22. The maximum atomic E-state index is 3.31. The Labute approximate surface area is 110 Å². The molecule has 0 aliphatic heterocycles. The van der Waals surface area contributed by atoms with Crippen molar-refractivity contribution in [1.29, 1.82) is 0 Å². The van der Waals surface area contributed by atoms with Crippen molar-refractivity contribution >= 4 is 11.3 Å². The second kappa shape index (κ2) is 7.14. The normalized spacial score (nSPS) is 15.1. The maximum absolute atomic E-state index is 3.31. The van der Waals surface area contributed by atoms with Crippen LogP contribution in [0.25, 0.3) is 0 Å². The summed E-state index contributed by atoms with van der Waals surface area (Å²) in [6, 6.07) is 4.36. The van der Waals surface area contributed by atoms with E-state index in [2.05, 4.69) is 48.6 Å². The molecule has 1 atom stereocenters. The fourth-order valence-corrected chi connectivity index (χ4v) is 2.90. The van der Waals surface area contributed by atoms with E-state index in [0.29, 0.717) is 5.41 Å². The number of hydrogen-bond donors (Lipinski definition) is 1. The summed E-state index contributed by atoms with van der Waals surface area (Å²) >= 11 is 1.86. The number of nitrogens with zero attached hydrogens (tertiary/aromatic N) is 1. The SMILES string of the molecule is CCC(C)(CNC)CN(C)CCc1cccs1. The molecule has 0 saturated heterocycles. The lowest BCUT2D eigenvalue weighted by atomic mass is 9.87. The molecule has 0 aromatic carbocycles. The molecular weight excluding hydrogens is 228 g/mol. The predicted octanol–water partition coefficient (Wildman–Crippen LogP) is 2.86. The summed E-state index contributed by atoms with van der Waals surface area (Å²) < 4.78 is 0. The fraction of sp³-hybridized carbons (Fsp3) is 0.714. The minimum absolute atomic E-state index is 0.388. The van der Waals surface area contributed by atoms with Crippen LogP contribution in [0.2, 0.25) is 0 Å². The maximum Gasteiger partial charge on any atom is 0.00579 e. The largest absolute Gasteiger partial charge is 0.319 e. The van der Waals surface area contributed by atoms with Crippen LogP contribution in [0.5, 0.6) is 0 Å². The van der Waals surface area contributed by atoms with Gasteiger partial charge in [0.2, 0.25) is 0 Å². The molecule has 1 aromatic rings. The molecule has 0 aliphatic rings. The minimum atomic E-state index is 0.388. The first-order valence-corrected chi connectivity index (χ1v) is 7.33. The Morgan fingerprint density at radius 1 is 1.47 bits per heavy atom. The van der Waals surface area contributed by atoms with Crippen LogP contribution in [0.4, 0.5) is 0 Å². The summed E-state index contributed by atoms with van der Waals surface area (Å²) in [4.78, 5) is 3.95. The summed E-state index contributed by atoms with van der Waals surface area (Å²) in [5.74, 6) is 0. The third-order valence-electron chi connectivity index (χ3n) is 3.43. The number of hydrogen-bond acceptors (Lipinski definition) is 3. The molecular formula is C14H26N2S. The zero-order valence-corrected chi connectivity index (χ0v) is 12.4. The highest BCUT2D eigenvalue weighted by molar-refractivity contribution is 7.09. The third kappa shape index (κ3) is 5.19. The second-order valence-electron chi connectivity index (χ2n) is 5.26. The van der Waals surface area contributed by atoms with Gasteiger partial charge in [0, 0.05) is 24.5 Å². The summed E-state index contributed by atoms with van der Waals surface area (Å²) in [6.07, 6.45) is 2.39. The Morgan fingerprint density at radius 3 is 2.76 bits per heavy atom. The molecule has 1 N–H and O–H groups in total. The van der Waals surface area contributed by atoms with Crippen molar-refractivity contribution < 1.29 is 0 Å². The lowest BCUT2D eigenvalue weighted by molar-refractivity contribution is 0.185. The quantitative estimate of drug-likeness (QED) is 0.767. The van der Waals surface area contributed by atoms with Crippen LogP contribution in [0, 0.1) is 5.41 Å². The molecule has 0 saturated carbocycles. The van der Waals surface area contributed by atoms with Crippen LogP contribution in [-0.2, 0) is 6.42 Å². The van der Waals surface area contributed by atoms with Crippen LogP contribution in [0.3, 0.4) is 0 Å².